The number of aryl methyl sites for hydroxylation is 2. The van der Waals surface area contributed by atoms with Gasteiger partial charge in [0.15, 0.2) is 0 Å². The average molecular weight is 259 g/mol. The van der Waals surface area contributed by atoms with Gasteiger partial charge in [0, 0.05) is 38.4 Å². The molecule has 0 bridgehead atoms. The van der Waals surface area contributed by atoms with Crippen LogP contribution in [0.2, 0.25) is 0 Å². The van der Waals surface area contributed by atoms with Gasteiger partial charge in [0.1, 0.15) is 12.4 Å². The number of hydrogen-bond acceptors (Lipinski definition) is 3. The molecule has 0 radical (unpaired) electrons. The fourth-order valence-corrected chi connectivity index (χ4v) is 1.93. The van der Waals surface area contributed by atoms with E-state index in [-0.39, 0.29) is 0 Å². The number of nitrogens with zero attached hydrogens (tertiary/aromatic N) is 2. The van der Waals surface area contributed by atoms with Crippen molar-refractivity contribution in [2.75, 3.05) is 19.7 Å². The molecule has 0 amide bonds. The lowest BCUT2D eigenvalue weighted by Crippen LogP contribution is -2.24. The molecule has 102 valence electrons. The number of nitrogens with one attached hydrogen (secondary N) is 1. The van der Waals surface area contributed by atoms with Crippen LogP contribution >= 0.6 is 0 Å². The van der Waals surface area contributed by atoms with Crippen LogP contribution in [0.5, 0.6) is 5.75 Å². The molecule has 1 aromatic carbocycles. The summed E-state index contributed by atoms with van der Waals surface area (Å²) >= 11 is 0. The summed E-state index contributed by atoms with van der Waals surface area (Å²) in [6.07, 6.45) is 2.82. The molecule has 0 spiro atoms. The zero-order chi connectivity index (χ0) is 13.5. The normalized spacial score (nSPS) is 10.6. The molecule has 0 aliphatic heterocycles. The molecule has 4 nitrogen and oxygen atoms in total. The Bertz CT molecular complexity index is 508. The van der Waals surface area contributed by atoms with Crippen LogP contribution in [-0.4, -0.2) is 29.5 Å². The predicted molar refractivity (Wildman–Crippen MR) is 76.5 cm³/mol. The van der Waals surface area contributed by atoms with Gasteiger partial charge in [-0.2, -0.15) is 5.10 Å². The number of rotatable bonds is 7. The van der Waals surface area contributed by atoms with Gasteiger partial charge in [0.25, 0.3) is 0 Å². The Hall–Kier alpha value is -1.81. The molecule has 0 saturated carbocycles. The van der Waals surface area contributed by atoms with E-state index < -0.39 is 0 Å². The number of benzene rings is 1. The standard InChI is InChI=1S/C15H21N3O/c1-13-4-3-5-15(12-13)19-11-10-16-8-6-14-7-9-17-18(14)2/h3-5,7,9,12,16H,6,8,10-11H2,1-2H3. The molecular weight excluding hydrogens is 238 g/mol. The zero-order valence-corrected chi connectivity index (χ0v) is 11.6. The van der Waals surface area contributed by atoms with Gasteiger partial charge < -0.3 is 10.1 Å². The Morgan fingerprint density at radius 3 is 2.89 bits per heavy atom. The third kappa shape index (κ3) is 4.41. The van der Waals surface area contributed by atoms with Crippen LogP contribution in [0.25, 0.3) is 0 Å². The quantitative estimate of drug-likeness (QED) is 0.772. The van der Waals surface area contributed by atoms with Crippen molar-refractivity contribution in [3.05, 3.63) is 47.8 Å². The van der Waals surface area contributed by atoms with Crippen LogP contribution in [0, 0.1) is 6.92 Å². The van der Waals surface area contributed by atoms with Crippen molar-refractivity contribution in [1.82, 2.24) is 15.1 Å². The molecule has 0 atom stereocenters. The summed E-state index contributed by atoms with van der Waals surface area (Å²) in [5.41, 5.74) is 2.47. The highest BCUT2D eigenvalue weighted by Gasteiger charge is 1.98. The molecule has 4 heteroatoms. The zero-order valence-electron chi connectivity index (χ0n) is 11.6. The molecule has 0 aliphatic carbocycles. The molecule has 1 N–H and O–H groups in total. The molecule has 0 fully saturated rings. The van der Waals surface area contributed by atoms with E-state index >= 15 is 0 Å². The van der Waals surface area contributed by atoms with E-state index in [0.717, 1.165) is 25.3 Å². The van der Waals surface area contributed by atoms with Gasteiger partial charge in [-0.05, 0) is 30.7 Å². The predicted octanol–water partition coefficient (Wildman–Crippen LogP) is 1.94. The van der Waals surface area contributed by atoms with E-state index in [0.29, 0.717) is 6.61 Å². The van der Waals surface area contributed by atoms with Gasteiger partial charge >= 0.3 is 0 Å². The van der Waals surface area contributed by atoms with Gasteiger partial charge in [0.05, 0.1) is 0 Å². The average Bonchev–Trinajstić information content (AvgIpc) is 2.79. The molecule has 1 aromatic heterocycles. The van der Waals surface area contributed by atoms with Crippen molar-refractivity contribution >= 4 is 0 Å². The maximum absolute atomic E-state index is 5.67. The largest absolute Gasteiger partial charge is 0.492 e. The first-order chi connectivity index (χ1) is 9.25. The molecule has 2 aromatic rings. The Balaban J connectivity index is 1.59. The minimum absolute atomic E-state index is 0.689. The van der Waals surface area contributed by atoms with E-state index in [1.165, 1.54) is 11.3 Å². The lowest BCUT2D eigenvalue weighted by molar-refractivity contribution is 0.314. The second-order valence-corrected chi connectivity index (χ2v) is 4.61. The van der Waals surface area contributed by atoms with E-state index in [1.54, 1.807) is 0 Å². The molecule has 0 unspecified atom stereocenters. The monoisotopic (exact) mass is 259 g/mol. The summed E-state index contributed by atoms with van der Waals surface area (Å²) in [6, 6.07) is 10.2. The summed E-state index contributed by atoms with van der Waals surface area (Å²) in [5, 5.41) is 7.51. The summed E-state index contributed by atoms with van der Waals surface area (Å²) in [4.78, 5) is 0. The highest BCUT2D eigenvalue weighted by molar-refractivity contribution is 5.27. The summed E-state index contributed by atoms with van der Waals surface area (Å²) in [5.74, 6) is 0.938. The van der Waals surface area contributed by atoms with E-state index in [4.69, 9.17) is 4.74 Å². The van der Waals surface area contributed by atoms with Crippen LogP contribution < -0.4 is 10.1 Å². The lowest BCUT2D eigenvalue weighted by atomic mass is 10.2. The van der Waals surface area contributed by atoms with Crippen LogP contribution in [0.1, 0.15) is 11.3 Å². The highest BCUT2D eigenvalue weighted by Crippen LogP contribution is 2.11. The van der Waals surface area contributed by atoms with Gasteiger partial charge in [-0.3, -0.25) is 4.68 Å². The molecule has 0 aliphatic rings. The first-order valence-corrected chi connectivity index (χ1v) is 6.63. The highest BCUT2D eigenvalue weighted by atomic mass is 16.5. The van der Waals surface area contributed by atoms with E-state index in [9.17, 15) is 0 Å². The molecule has 0 saturated heterocycles. The van der Waals surface area contributed by atoms with Crippen LogP contribution in [0.4, 0.5) is 0 Å². The van der Waals surface area contributed by atoms with Crippen molar-refractivity contribution in [3.8, 4) is 5.75 Å². The Morgan fingerprint density at radius 2 is 2.16 bits per heavy atom. The molecule has 19 heavy (non-hydrogen) atoms. The van der Waals surface area contributed by atoms with Crippen molar-refractivity contribution in [1.29, 1.82) is 0 Å². The van der Waals surface area contributed by atoms with Crippen LogP contribution in [0.15, 0.2) is 36.5 Å². The first kappa shape index (κ1) is 13.6. The Morgan fingerprint density at radius 1 is 1.26 bits per heavy atom. The Kier molecular flexibility index (Phi) is 4.98. The van der Waals surface area contributed by atoms with Crippen molar-refractivity contribution < 1.29 is 4.74 Å². The van der Waals surface area contributed by atoms with E-state index in [2.05, 4.69) is 29.5 Å². The minimum atomic E-state index is 0.689. The molecule has 2 rings (SSSR count). The van der Waals surface area contributed by atoms with E-state index in [1.807, 2.05) is 36.1 Å². The number of ether oxygens (including phenoxy) is 1. The topological polar surface area (TPSA) is 39.1 Å². The second-order valence-electron chi connectivity index (χ2n) is 4.61. The summed E-state index contributed by atoms with van der Waals surface area (Å²) in [6.45, 7) is 4.55. The van der Waals surface area contributed by atoms with Crippen molar-refractivity contribution in [2.24, 2.45) is 7.05 Å². The van der Waals surface area contributed by atoms with Crippen molar-refractivity contribution in [3.63, 3.8) is 0 Å². The molecular formula is C15H21N3O. The maximum atomic E-state index is 5.67. The number of hydrogen-bond donors (Lipinski definition) is 1. The van der Waals surface area contributed by atoms with Crippen LogP contribution in [-0.2, 0) is 13.5 Å². The summed E-state index contributed by atoms with van der Waals surface area (Å²) < 4.78 is 7.58. The SMILES string of the molecule is Cc1cccc(OCCNCCc2ccnn2C)c1. The Labute approximate surface area is 114 Å². The minimum Gasteiger partial charge on any atom is -0.492 e. The maximum Gasteiger partial charge on any atom is 0.119 e. The third-order valence-electron chi connectivity index (χ3n) is 3.02. The second kappa shape index (κ2) is 6.95. The smallest absolute Gasteiger partial charge is 0.119 e. The fraction of sp³-hybridized carbons (Fsp3) is 0.400. The van der Waals surface area contributed by atoms with Gasteiger partial charge in [-0.25, -0.2) is 0 Å². The third-order valence-corrected chi connectivity index (χ3v) is 3.02. The van der Waals surface area contributed by atoms with Gasteiger partial charge in [-0.1, -0.05) is 12.1 Å². The lowest BCUT2D eigenvalue weighted by Gasteiger charge is -2.08. The van der Waals surface area contributed by atoms with Crippen molar-refractivity contribution in [2.45, 2.75) is 13.3 Å². The van der Waals surface area contributed by atoms with Gasteiger partial charge in [0.2, 0.25) is 0 Å². The van der Waals surface area contributed by atoms with Gasteiger partial charge in [-0.15, -0.1) is 0 Å². The summed E-state index contributed by atoms with van der Waals surface area (Å²) in [7, 11) is 1.97. The first-order valence-electron chi connectivity index (χ1n) is 6.63. The fourth-order valence-electron chi connectivity index (χ4n) is 1.93. The number of aromatic nitrogens is 2. The molecule has 1 heterocycles. The van der Waals surface area contributed by atoms with Crippen LogP contribution in [0.3, 0.4) is 0 Å².